The lowest BCUT2D eigenvalue weighted by molar-refractivity contribution is 0.143. The van der Waals surface area contributed by atoms with Gasteiger partial charge in [0.15, 0.2) is 0 Å². The van der Waals surface area contributed by atoms with Crippen LogP contribution >= 0.6 is 0 Å². The summed E-state index contributed by atoms with van der Waals surface area (Å²) in [6, 6.07) is 1.48. The molecule has 1 N–H and O–H groups in total. The minimum Gasteiger partial charge on any atom is -0.310 e. The van der Waals surface area contributed by atoms with Gasteiger partial charge in [-0.25, -0.2) is 0 Å². The van der Waals surface area contributed by atoms with Crippen LogP contribution in [0.5, 0.6) is 0 Å². The first-order valence-electron chi connectivity index (χ1n) is 7.01. The summed E-state index contributed by atoms with van der Waals surface area (Å²) in [5.41, 5.74) is 0.336. The summed E-state index contributed by atoms with van der Waals surface area (Å²) in [6.45, 7) is 14.0. The Kier molecular flexibility index (Phi) is 5.26. The molecule has 16 heavy (non-hydrogen) atoms. The lowest BCUT2D eigenvalue weighted by Gasteiger charge is -2.34. The molecule has 1 aliphatic rings. The Hall–Kier alpha value is -0.0800. The molecule has 2 nitrogen and oxygen atoms in total. The van der Waals surface area contributed by atoms with Crippen molar-refractivity contribution in [2.75, 3.05) is 13.1 Å². The first kappa shape index (κ1) is 14.0. The van der Waals surface area contributed by atoms with Gasteiger partial charge in [-0.2, -0.15) is 0 Å². The molecular weight excluding hydrogens is 196 g/mol. The molecule has 1 saturated heterocycles. The third kappa shape index (κ3) is 3.74. The molecule has 0 aromatic rings. The van der Waals surface area contributed by atoms with Gasteiger partial charge in [-0.3, -0.25) is 4.90 Å². The van der Waals surface area contributed by atoms with E-state index in [-0.39, 0.29) is 0 Å². The SMILES string of the molecule is CCCCN(C(C)CC)C1CNC(C)(C)C1. The van der Waals surface area contributed by atoms with Gasteiger partial charge in [0.1, 0.15) is 0 Å². The second-order valence-corrected chi connectivity index (χ2v) is 5.97. The average Bonchev–Trinajstić information content (AvgIpc) is 2.59. The summed E-state index contributed by atoms with van der Waals surface area (Å²) in [5.74, 6) is 0. The Morgan fingerprint density at radius 1 is 1.38 bits per heavy atom. The normalized spacial score (nSPS) is 26.2. The molecule has 1 aliphatic heterocycles. The van der Waals surface area contributed by atoms with Crippen LogP contribution in [0, 0.1) is 0 Å². The van der Waals surface area contributed by atoms with Crippen molar-refractivity contribution in [2.45, 2.75) is 77.9 Å². The third-order valence-electron chi connectivity index (χ3n) is 3.96. The smallest absolute Gasteiger partial charge is 0.0240 e. The Morgan fingerprint density at radius 2 is 2.06 bits per heavy atom. The highest BCUT2D eigenvalue weighted by Crippen LogP contribution is 2.24. The van der Waals surface area contributed by atoms with Crippen molar-refractivity contribution >= 4 is 0 Å². The predicted molar refractivity (Wildman–Crippen MR) is 71.9 cm³/mol. The fourth-order valence-corrected chi connectivity index (χ4v) is 2.70. The Bertz CT molecular complexity index is 201. The number of unbranched alkanes of at least 4 members (excludes halogenated alkanes) is 1. The average molecular weight is 226 g/mol. The first-order valence-corrected chi connectivity index (χ1v) is 7.01. The molecule has 0 amide bonds. The minimum atomic E-state index is 0.336. The minimum absolute atomic E-state index is 0.336. The zero-order valence-corrected chi connectivity index (χ0v) is 11.8. The maximum Gasteiger partial charge on any atom is 0.0240 e. The van der Waals surface area contributed by atoms with E-state index in [1.807, 2.05) is 0 Å². The monoisotopic (exact) mass is 226 g/mol. The van der Waals surface area contributed by atoms with Gasteiger partial charge in [0.05, 0.1) is 0 Å². The van der Waals surface area contributed by atoms with Crippen molar-refractivity contribution in [3.8, 4) is 0 Å². The zero-order chi connectivity index (χ0) is 12.2. The van der Waals surface area contributed by atoms with Gasteiger partial charge >= 0.3 is 0 Å². The van der Waals surface area contributed by atoms with Crippen LogP contribution in [0.3, 0.4) is 0 Å². The van der Waals surface area contributed by atoms with Crippen molar-refractivity contribution < 1.29 is 0 Å². The van der Waals surface area contributed by atoms with E-state index < -0.39 is 0 Å². The van der Waals surface area contributed by atoms with Crippen LogP contribution in [0.4, 0.5) is 0 Å². The Labute approximate surface area is 102 Å². The highest BCUT2D eigenvalue weighted by Gasteiger charge is 2.34. The standard InChI is InChI=1S/C14H30N2/c1-6-8-9-16(12(3)7-2)13-10-14(4,5)15-11-13/h12-13,15H,6-11H2,1-5H3. The topological polar surface area (TPSA) is 15.3 Å². The molecule has 2 atom stereocenters. The molecule has 96 valence electrons. The summed E-state index contributed by atoms with van der Waals surface area (Å²) in [6.07, 6.45) is 5.19. The van der Waals surface area contributed by atoms with E-state index in [9.17, 15) is 0 Å². The van der Waals surface area contributed by atoms with Crippen LogP contribution in [0.25, 0.3) is 0 Å². The van der Waals surface area contributed by atoms with Gasteiger partial charge in [-0.1, -0.05) is 20.3 Å². The van der Waals surface area contributed by atoms with E-state index in [0.717, 1.165) is 12.1 Å². The Balaban J connectivity index is 2.55. The maximum atomic E-state index is 3.64. The number of nitrogens with one attached hydrogen (secondary N) is 1. The molecule has 1 heterocycles. The van der Waals surface area contributed by atoms with Crippen LogP contribution in [0.15, 0.2) is 0 Å². The molecule has 0 saturated carbocycles. The third-order valence-corrected chi connectivity index (χ3v) is 3.96. The van der Waals surface area contributed by atoms with Gasteiger partial charge in [0.25, 0.3) is 0 Å². The van der Waals surface area contributed by atoms with Crippen LogP contribution in [0.1, 0.15) is 60.3 Å². The molecule has 1 fully saturated rings. The molecule has 0 aromatic carbocycles. The highest BCUT2D eigenvalue weighted by atomic mass is 15.2. The molecule has 2 heteroatoms. The molecule has 0 aliphatic carbocycles. The summed E-state index contributed by atoms with van der Waals surface area (Å²) in [7, 11) is 0. The van der Waals surface area contributed by atoms with E-state index in [0.29, 0.717) is 5.54 Å². The Morgan fingerprint density at radius 3 is 2.50 bits per heavy atom. The second kappa shape index (κ2) is 6.02. The van der Waals surface area contributed by atoms with Gasteiger partial charge in [0, 0.05) is 24.2 Å². The van der Waals surface area contributed by atoms with E-state index in [1.54, 1.807) is 0 Å². The lowest BCUT2D eigenvalue weighted by atomic mass is 9.99. The van der Waals surface area contributed by atoms with Crippen molar-refractivity contribution in [3.63, 3.8) is 0 Å². The molecular formula is C14H30N2. The maximum absolute atomic E-state index is 3.64. The molecule has 2 unspecified atom stereocenters. The van der Waals surface area contributed by atoms with Gasteiger partial charge < -0.3 is 5.32 Å². The van der Waals surface area contributed by atoms with Gasteiger partial charge in [-0.15, -0.1) is 0 Å². The van der Waals surface area contributed by atoms with Crippen molar-refractivity contribution in [1.29, 1.82) is 0 Å². The molecule has 0 spiro atoms. The van der Waals surface area contributed by atoms with Gasteiger partial charge in [-0.05, 0) is 46.6 Å². The quantitative estimate of drug-likeness (QED) is 0.749. The molecule has 0 aromatic heterocycles. The van der Waals surface area contributed by atoms with Gasteiger partial charge in [0.2, 0.25) is 0 Å². The van der Waals surface area contributed by atoms with Crippen molar-refractivity contribution in [2.24, 2.45) is 0 Å². The van der Waals surface area contributed by atoms with E-state index in [1.165, 1.54) is 38.8 Å². The number of rotatable bonds is 6. The molecule has 1 rings (SSSR count). The lowest BCUT2D eigenvalue weighted by Crippen LogP contribution is -2.43. The molecule has 0 radical (unpaired) electrons. The number of hydrogen-bond donors (Lipinski definition) is 1. The van der Waals surface area contributed by atoms with E-state index >= 15 is 0 Å². The summed E-state index contributed by atoms with van der Waals surface area (Å²) >= 11 is 0. The van der Waals surface area contributed by atoms with Crippen LogP contribution in [-0.4, -0.2) is 35.6 Å². The predicted octanol–water partition coefficient (Wildman–Crippen LogP) is 3.03. The van der Waals surface area contributed by atoms with Crippen molar-refractivity contribution in [1.82, 2.24) is 10.2 Å². The van der Waals surface area contributed by atoms with E-state index in [2.05, 4.69) is 44.8 Å². The summed E-state index contributed by atoms with van der Waals surface area (Å²) in [5, 5.41) is 3.64. The fourth-order valence-electron chi connectivity index (χ4n) is 2.70. The highest BCUT2D eigenvalue weighted by molar-refractivity contribution is 4.95. The zero-order valence-electron chi connectivity index (χ0n) is 11.8. The summed E-state index contributed by atoms with van der Waals surface area (Å²) in [4.78, 5) is 2.73. The van der Waals surface area contributed by atoms with E-state index in [4.69, 9.17) is 0 Å². The largest absolute Gasteiger partial charge is 0.310 e. The van der Waals surface area contributed by atoms with Crippen LogP contribution < -0.4 is 5.32 Å². The van der Waals surface area contributed by atoms with Crippen LogP contribution in [0.2, 0.25) is 0 Å². The summed E-state index contributed by atoms with van der Waals surface area (Å²) < 4.78 is 0. The van der Waals surface area contributed by atoms with Crippen LogP contribution in [-0.2, 0) is 0 Å². The van der Waals surface area contributed by atoms with Crippen molar-refractivity contribution in [3.05, 3.63) is 0 Å². The fraction of sp³-hybridized carbons (Fsp3) is 1.00. The number of hydrogen-bond acceptors (Lipinski definition) is 2. The molecule has 0 bridgehead atoms. The number of nitrogens with zero attached hydrogens (tertiary/aromatic N) is 1. The first-order chi connectivity index (χ1) is 7.50. The second-order valence-electron chi connectivity index (χ2n) is 5.97.